The van der Waals surface area contributed by atoms with Gasteiger partial charge in [0, 0.05) is 19.8 Å². The van der Waals surface area contributed by atoms with Crippen molar-refractivity contribution in [3.8, 4) is 11.1 Å². The number of fused-ring (bicyclic) bond motifs is 3. The summed E-state index contributed by atoms with van der Waals surface area (Å²) in [7, 11) is 3.98. The molecule has 0 atom stereocenters. The van der Waals surface area contributed by atoms with Crippen LogP contribution in [0.3, 0.4) is 0 Å². The van der Waals surface area contributed by atoms with E-state index in [0.29, 0.717) is 0 Å². The summed E-state index contributed by atoms with van der Waals surface area (Å²) in [5.41, 5.74) is 6.72. The highest BCUT2D eigenvalue weighted by Crippen LogP contribution is 2.46. The van der Waals surface area contributed by atoms with Crippen molar-refractivity contribution < 1.29 is 13.2 Å². The van der Waals surface area contributed by atoms with Crippen LogP contribution in [0.5, 0.6) is 0 Å². The Labute approximate surface area is 156 Å². The molecule has 1 nitrogen and oxygen atoms in total. The maximum absolute atomic E-state index is 12.8. The van der Waals surface area contributed by atoms with E-state index in [0.717, 1.165) is 51.2 Å². The number of alkyl halides is 3. The molecule has 1 aliphatic carbocycles. The largest absolute Gasteiger partial charge is 0.416 e. The fourth-order valence-corrected chi connectivity index (χ4v) is 3.46. The predicted octanol–water partition coefficient (Wildman–Crippen LogP) is 6.34. The van der Waals surface area contributed by atoms with Crippen LogP contribution in [0.25, 0.3) is 22.8 Å². The molecule has 3 aromatic rings. The third kappa shape index (κ3) is 3.12. The first kappa shape index (κ1) is 17.4. The van der Waals surface area contributed by atoms with Crippen molar-refractivity contribution in [3.63, 3.8) is 0 Å². The Morgan fingerprint density at radius 2 is 1.37 bits per heavy atom. The van der Waals surface area contributed by atoms with Gasteiger partial charge in [-0.1, -0.05) is 42.5 Å². The molecule has 136 valence electrons. The first-order chi connectivity index (χ1) is 12.8. The van der Waals surface area contributed by atoms with Gasteiger partial charge in [-0.2, -0.15) is 13.2 Å². The summed E-state index contributed by atoms with van der Waals surface area (Å²) in [5.74, 6) is 0. The molecule has 27 heavy (non-hydrogen) atoms. The molecule has 0 aromatic heterocycles. The van der Waals surface area contributed by atoms with Crippen molar-refractivity contribution >= 4 is 17.3 Å². The number of nitrogens with zero attached hydrogens (tertiary/aromatic N) is 1. The minimum absolute atomic E-state index is 0.633. The number of hydrogen-bond acceptors (Lipinski definition) is 1. The Morgan fingerprint density at radius 3 is 2.00 bits per heavy atom. The van der Waals surface area contributed by atoms with Gasteiger partial charge in [-0.25, -0.2) is 0 Å². The third-order valence-corrected chi connectivity index (χ3v) is 4.87. The van der Waals surface area contributed by atoms with E-state index in [1.165, 1.54) is 12.1 Å². The minimum atomic E-state index is -4.32. The molecule has 0 spiro atoms. The van der Waals surface area contributed by atoms with Crippen molar-refractivity contribution in [2.75, 3.05) is 19.0 Å². The van der Waals surface area contributed by atoms with Crippen molar-refractivity contribution in [2.24, 2.45) is 0 Å². The Hall–Kier alpha value is -3.01. The zero-order valence-electron chi connectivity index (χ0n) is 15.0. The van der Waals surface area contributed by atoms with Gasteiger partial charge in [-0.05, 0) is 63.7 Å². The average molecular weight is 365 g/mol. The van der Waals surface area contributed by atoms with E-state index < -0.39 is 11.7 Å². The lowest BCUT2D eigenvalue weighted by molar-refractivity contribution is -0.137. The molecular formula is C23H18F3N. The molecular weight excluding hydrogens is 347 g/mol. The van der Waals surface area contributed by atoms with Crippen molar-refractivity contribution in [3.05, 3.63) is 89.0 Å². The summed E-state index contributed by atoms with van der Waals surface area (Å²) in [6.07, 6.45) is -2.36. The fourth-order valence-electron chi connectivity index (χ4n) is 3.46. The fraction of sp³-hybridized carbons (Fsp3) is 0.130. The van der Waals surface area contributed by atoms with E-state index in [2.05, 4.69) is 30.3 Å². The lowest BCUT2D eigenvalue weighted by Crippen LogP contribution is -2.08. The lowest BCUT2D eigenvalue weighted by atomic mass is 10.00. The maximum atomic E-state index is 12.8. The second-order valence-corrected chi connectivity index (χ2v) is 6.85. The Morgan fingerprint density at radius 1 is 0.741 bits per heavy atom. The highest BCUT2D eigenvalue weighted by atomic mass is 19.4. The maximum Gasteiger partial charge on any atom is 0.416 e. The van der Waals surface area contributed by atoms with E-state index in [4.69, 9.17) is 0 Å². The highest BCUT2D eigenvalue weighted by Gasteiger charge is 2.30. The van der Waals surface area contributed by atoms with Gasteiger partial charge < -0.3 is 4.90 Å². The number of hydrogen-bond donors (Lipinski definition) is 0. The number of halogens is 3. The van der Waals surface area contributed by atoms with Crippen LogP contribution in [-0.4, -0.2) is 14.1 Å². The highest BCUT2D eigenvalue weighted by molar-refractivity contribution is 6.07. The number of benzene rings is 3. The summed E-state index contributed by atoms with van der Waals surface area (Å²) in [6, 6.07) is 19.7. The van der Waals surface area contributed by atoms with Crippen LogP contribution >= 0.6 is 0 Å². The van der Waals surface area contributed by atoms with Gasteiger partial charge >= 0.3 is 6.18 Å². The Balaban J connectivity index is 1.85. The van der Waals surface area contributed by atoms with Crippen LogP contribution < -0.4 is 4.90 Å². The zero-order valence-corrected chi connectivity index (χ0v) is 15.0. The van der Waals surface area contributed by atoms with Gasteiger partial charge in [0.2, 0.25) is 0 Å². The first-order valence-corrected chi connectivity index (χ1v) is 8.65. The summed E-state index contributed by atoms with van der Waals surface area (Å²) in [4.78, 5) is 2.04. The van der Waals surface area contributed by atoms with Crippen molar-refractivity contribution in [1.82, 2.24) is 0 Å². The van der Waals surface area contributed by atoms with Gasteiger partial charge in [0.25, 0.3) is 0 Å². The van der Waals surface area contributed by atoms with Crippen molar-refractivity contribution in [1.29, 1.82) is 0 Å². The van der Waals surface area contributed by atoms with Crippen molar-refractivity contribution in [2.45, 2.75) is 6.18 Å². The van der Waals surface area contributed by atoms with E-state index in [1.54, 1.807) is 0 Å². The lowest BCUT2D eigenvalue weighted by Gasteiger charge is -2.14. The van der Waals surface area contributed by atoms with Gasteiger partial charge in [-0.3, -0.25) is 0 Å². The predicted molar refractivity (Wildman–Crippen MR) is 105 cm³/mol. The van der Waals surface area contributed by atoms with Crippen LogP contribution in [0.1, 0.15) is 22.3 Å². The normalized spacial score (nSPS) is 14.2. The molecule has 0 bridgehead atoms. The summed E-state index contributed by atoms with van der Waals surface area (Å²) in [6.45, 7) is 0. The Kier molecular flexibility index (Phi) is 4.06. The standard InChI is InChI=1S/C23H18F3N/c1-27(2)17-11-12-20-18-5-3-4-6-19(18)21(22(20)14-17)13-15-7-9-16(10-8-15)23(24,25)26/h3-14H,1-2H3/b21-13+. The molecule has 0 heterocycles. The zero-order chi connectivity index (χ0) is 19.2. The molecule has 0 saturated carbocycles. The molecule has 0 unspecified atom stereocenters. The van der Waals surface area contributed by atoms with Crippen LogP contribution in [-0.2, 0) is 6.18 Å². The second-order valence-electron chi connectivity index (χ2n) is 6.85. The topological polar surface area (TPSA) is 3.24 Å². The third-order valence-electron chi connectivity index (χ3n) is 4.87. The minimum Gasteiger partial charge on any atom is -0.378 e. The Bertz CT molecular complexity index is 1030. The molecule has 0 saturated heterocycles. The molecule has 3 aromatic carbocycles. The van der Waals surface area contributed by atoms with E-state index in [-0.39, 0.29) is 0 Å². The number of anilines is 1. The van der Waals surface area contributed by atoms with Crippen LogP contribution in [0.4, 0.5) is 18.9 Å². The molecule has 0 fully saturated rings. The average Bonchev–Trinajstić information content (AvgIpc) is 2.95. The van der Waals surface area contributed by atoms with E-state index in [1.807, 2.05) is 37.2 Å². The molecule has 0 radical (unpaired) electrons. The smallest absolute Gasteiger partial charge is 0.378 e. The quantitative estimate of drug-likeness (QED) is 0.401. The molecule has 0 aliphatic heterocycles. The van der Waals surface area contributed by atoms with Gasteiger partial charge in [-0.15, -0.1) is 0 Å². The SMILES string of the molecule is CN(C)c1ccc2c(c1)/C(=C/c1ccc(C(F)(F)F)cc1)c1ccccc1-2. The molecule has 1 aliphatic rings. The van der Waals surface area contributed by atoms with Crippen LogP contribution in [0, 0.1) is 0 Å². The summed E-state index contributed by atoms with van der Waals surface area (Å²) < 4.78 is 38.5. The van der Waals surface area contributed by atoms with Crippen LogP contribution in [0.2, 0.25) is 0 Å². The van der Waals surface area contributed by atoms with Gasteiger partial charge in [0.15, 0.2) is 0 Å². The van der Waals surface area contributed by atoms with E-state index in [9.17, 15) is 13.2 Å². The summed E-state index contributed by atoms with van der Waals surface area (Å²) >= 11 is 0. The number of rotatable bonds is 2. The molecule has 0 amide bonds. The molecule has 4 heteroatoms. The molecule has 4 rings (SSSR count). The van der Waals surface area contributed by atoms with Gasteiger partial charge in [0.05, 0.1) is 5.56 Å². The molecule has 0 N–H and O–H groups in total. The van der Waals surface area contributed by atoms with E-state index >= 15 is 0 Å². The first-order valence-electron chi connectivity index (χ1n) is 8.65. The monoisotopic (exact) mass is 365 g/mol. The van der Waals surface area contributed by atoms with Crippen LogP contribution in [0.15, 0.2) is 66.7 Å². The second kappa shape index (κ2) is 6.31. The summed E-state index contributed by atoms with van der Waals surface area (Å²) in [5, 5.41) is 0. The van der Waals surface area contributed by atoms with Gasteiger partial charge in [0.1, 0.15) is 0 Å².